The zero-order valence-corrected chi connectivity index (χ0v) is 20.8. The Morgan fingerprint density at radius 1 is 1.20 bits per heavy atom. The minimum atomic E-state index is -0.458. The molecule has 0 unspecified atom stereocenters. The van der Waals surface area contributed by atoms with Gasteiger partial charge in [0.1, 0.15) is 22.4 Å². The summed E-state index contributed by atoms with van der Waals surface area (Å²) in [6.07, 6.45) is 6.69. The first-order chi connectivity index (χ1) is 17.1. The number of methoxy groups -OCH3 is 1. The van der Waals surface area contributed by atoms with Gasteiger partial charge in [-0.3, -0.25) is 5.10 Å². The lowest BCUT2D eigenvalue weighted by Crippen LogP contribution is -2.27. The normalized spacial score (nSPS) is 16.7. The first kappa shape index (κ1) is 22.5. The summed E-state index contributed by atoms with van der Waals surface area (Å²) in [6.45, 7) is 4.77. The molecule has 0 bridgehead atoms. The van der Waals surface area contributed by atoms with E-state index < -0.39 is 5.82 Å². The molecule has 1 aliphatic heterocycles. The maximum atomic E-state index is 16.6. The second kappa shape index (κ2) is 8.91. The Bertz CT molecular complexity index is 1430. The summed E-state index contributed by atoms with van der Waals surface area (Å²) >= 11 is 1.39. The highest BCUT2D eigenvalue weighted by atomic mass is 32.2. The van der Waals surface area contributed by atoms with Crippen molar-refractivity contribution in [1.29, 1.82) is 0 Å². The molecular formula is C25H27FN6O2S. The van der Waals surface area contributed by atoms with Crippen LogP contribution < -0.4 is 9.64 Å². The number of halogens is 1. The van der Waals surface area contributed by atoms with Gasteiger partial charge in [0.25, 0.3) is 0 Å². The molecule has 0 radical (unpaired) electrons. The number of hydrogen-bond acceptors (Lipinski definition) is 8. The smallest absolute Gasteiger partial charge is 0.227 e. The topological polar surface area (TPSA) is 89.0 Å². The van der Waals surface area contributed by atoms with Crippen molar-refractivity contribution in [1.82, 2.24) is 25.1 Å². The molecule has 4 heterocycles. The predicted octanol–water partition coefficient (Wildman–Crippen LogP) is 4.85. The Morgan fingerprint density at radius 3 is 2.83 bits per heavy atom. The maximum absolute atomic E-state index is 16.6. The molecule has 10 heteroatoms. The van der Waals surface area contributed by atoms with Crippen LogP contribution in [0.25, 0.3) is 33.1 Å². The number of rotatable bonds is 5. The fourth-order valence-electron chi connectivity index (χ4n) is 5.09. The van der Waals surface area contributed by atoms with Gasteiger partial charge < -0.3 is 14.4 Å². The van der Waals surface area contributed by atoms with Crippen LogP contribution in [0.4, 0.5) is 10.2 Å². The SMILES string of the molecule is COc1nc(-c2c(C3CC3)c(C)cc3[nH]ncc23)c(F)c2nc(SC)nc(N3CCCOCC3)c12. The number of aryl methyl sites for hydroxylation is 1. The van der Waals surface area contributed by atoms with Crippen molar-refractivity contribution in [2.24, 2.45) is 0 Å². The largest absolute Gasteiger partial charge is 0.480 e. The van der Waals surface area contributed by atoms with E-state index in [4.69, 9.17) is 19.4 Å². The third kappa shape index (κ3) is 3.79. The summed E-state index contributed by atoms with van der Waals surface area (Å²) in [5.41, 5.74) is 4.37. The third-order valence-electron chi connectivity index (χ3n) is 6.83. The Morgan fingerprint density at radius 2 is 2.06 bits per heavy atom. The van der Waals surface area contributed by atoms with E-state index in [0.717, 1.165) is 53.4 Å². The number of thioether (sulfide) groups is 1. The number of H-pyrrole nitrogens is 1. The molecule has 1 aromatic carbocycles. The van der Waals surface area contributed by atoms with Gasteiger partial charge >= 0.3 is 0 Å². The fraction of sp³-hybridized carbons (Fsp3) is 0.440. The Hall–Kier alpha value is -2.98. The first-order valence-corrected chi connectivity index (χ1v) is 13.1. The summed E-state index contributed by atoms with van der Waals surface area (Å²) in [4.78, 5) is 16.3. The van der Waals surface area contributed by atoms with Crippen LogP contribution in [0.3, 0.4) is 0 Å². The molecule has 2 aliphatic rings. The molecule has 0 amide bonds. The molecule has 2 fully saturated rings. The average molecular weight is 495 g/mol. The lowest BCUT2D eigenvalue weighted by atomic mass is 9.92. The molecule has 6 rings (SSSR count). The van der Waals surface area contributed by atoms with Crippen LogP contribution in [0, 0.1) is 12.7 Å². The standard InChI is InChI=1S/C25H27FN6O2S/c1-13-11-16-15(12-27-31-16)18(17(13)14-5-6-14)21-20(26)22-19(24(28-21)33-2)23(30-25(29-22)35-3)32-7-4-9-34-10-8-32/h11-12,14H,4-10H2,1-3H3,(H,27,31). The lowest BCUT2D eigenvalue weighted by molar-refractivity contribution is 0.152. The second-order valence-electron chi connectivity index (χ2n) is 9.08. The molecule has 182 valence electrons. The van der Waals surface area contributed by atoms with Crippen molar-refractivity contribution in [2.75, 3.05) is 44.6 Å². The Labute approximate surface area is 206 Å². The highest BCUT2D eigenvalue weighted by Crippen LogP contribution is 2.49. The number of nitrogens with zero attached hydrogens (tertiary/aromatic N) is 5. The van der Waals surface area contributed by atoms with Crippen LogP contribution in [0.5, 0.6) is 5.88 Å². The number of aromatic amines is 1. The highest BCUT2D eigenvalue weighted by molar-refractivity contribution is 7.98. The minimum Gasteiger partial charge on any atom is -0.480 e. The number of pyridine rings is 1. The molecule has 1 aliphatic carbocycles. The molecular weight excluding hydrogens is 467 g/mol. The fourth-order valence-corrected chi connectivity index (χ4v) is 5.45. The molecule has 3 aromatic heterocycles. The van der Waals surface area contributed by atoms with Crippen molar-refractivity contribution < 1.29 is 13.9 Å². The van der Waals surface area contributed by atoms with E-state index >= 15 is 4.39 Å². The van der Waals surface area contributed by atoms with Gasteiger partial charge in [-0.1, -0.05) is 11.8 Å². The molecule has 0 atom stereocenters. The quantitative estimate of drug-likeness (QED) is 0.311. The number of nitrogens with one attached hydrogen (secondary N) is 1. The average Bonchev–Trinajstić information content (AvgIpc) is 3.66. The van der Waals surface area contributed by atoms with E-state index in [-0.39, 0.29) is 11.2 Å². The molecule has 1 saturated heterocycles. The molecule has 8 nitrogen and oxygen atoms in total. The summed E-state index contributed by atoms with van der Waals surface area (Å²) < 4.78 is 28.0. The number of benzene rings is 1. The Kier molecular flexibility index (Phi) is 5.72. The van der Waals surface area contributed by atoms with Gasteiger partial charge in [-0.25, -0.2) is 19.3 Å². The van der Waals surface area contributed by atoms with Crippen LogP contribution >= 0.6 is 11.8 Å². The van der Waals surface area contributed by atoms with Crippen LogP contribution in [0.1, 0.15) is 36.3 Å². The second-order valence-corrected chi connectivity index (χ2v) is 9.86. The van der Waals surface area contributed by atoms with Crippen LogP contribution in [-0.2, 0) is 4.74 Å². The zero-order chi connectivity index (χ0) is 24.1. The molecule has 4 aromatic rings. The van der Waals surface area contributed by atoms with E-state index in [2.05, 4.69) is 33.1 Å². The number of fused-ring (bicyclic) bond motifs is 2. The van der Waals surface area contributed by atoms with Crippen molar-refractivity contribution in [3.63, 3.8) is 0 Å². The molecule has 0 spiro atoms. The Balaban J connectivity index is 1.67. The van der Waals surface area contributed by atoms with Gasteiger partial charge in [-0.15, -0.1) is 0 Å². The lowest BCUT2D eigenvalue weighted by Gasteiger charge is -2.24. The van der Waals surface area contributed by atoms with Crippen molar-refractivity contribution in [2.45, 2.75) is 37.3 Å². The van der Waals surface area contributed by atoms with E-state index in [1.165, 1.54) is 11.8 Å². The van der Waals surface area contributed by atoms with Crippen molar-refractivity contribution in [3.05, 3.63) is 29.2 Å². The van der Waals surface area contributed by atoms with Crippen LogP contribution in [-0.4, -0.2) is 64.8 Å². The van der Waals surface area contributed by atoms with E-state index in [1.807, 2.05) is 6.26 Å². The van der Waals surface area contributed by atoms with Gasteiger partial charge in [0, 0.05) is 30.6 Å². The van der Waals surface area contributed by atoms with E-state index in [1.54, 1.807) is 13.3 Å². The van der Waals surface area contributed by atoms with Crippen molar-refractivity contribution >= 4 is 39.4 Å². The van der Waals surface area contributed by atoms with E-state index in [9.17, 15) is 0 Å². The van der Waals surface area contributed by atoms with Crippen LogP contribution in [0.15, 0.2) is 17.4 Å². The zero-order valence-electron chi connectivity index (χ0n) is 20.0. The summed E-state index contributed by atoms with van der Waals surface area (Å²) in [5.74, 6) is 0.900. The van der Waals surface area contributed by atoms with Crippen molar-refractivity contribution in [3.8, 4) is 17.1 Å². The number of aromatic nitrogens is 5. The molecule has 1 saturated carbocycles. The maximum Gasteiger partial charge on any atom is 0.227 e. The number of anilines is 1. The van der Waals surface area contributed by atoms with E-state index in [0.29, 0.717) is 47.9 Å². The predicted molar refractivity (Wildman–Crippen MR) is 135 cm³/mol. The van der Waals surface area contributed by atoms with Gasteiger partial charge in [-0.05, 0) is 55.6 Å². The first-order valence-electron chi connectivity index (χ1n) is 11.9. The molecule has 1 N–H and O–H groups in total. The monoisotopic (exact) mass is 494 g/mol. The minimum absolute atomic E-state index is 0.228. The summed E-state index contributed by atoms with van der Waals surface area (Å²) in [5, 5.41) is 9.14. The molecule has 35 heavy (non-hydrogen) atoms. The number of ether oxygens (including phenoxy) is 2. The van der Waals surface area contributed by atoms with Gasteiger partial charge in [0.2, 0.25) is 5.88 Å². The van der Waals surface area contributed by atoms with Gasteiger partial charge in [-0.2, -0.15) is 5.10 Å². The van der Waals surface area contributed by atoms with Gasteiger partial charge in [0.05, 0.1) is 25.4 Å². The highest BCUT2D eigenvalue weighted by Gasteiger charge is 2.33. The number of hydrogen-bond donors (Lipinski definition) is 1. The van der Waals surface area contributed by atoms with Crippen LogP contribution in [0.2, 0.25) is 0 Å². The summed E-state index contributed by atoms with van der Waals surface area (Å²) in [6, 6.07) is 2.09. The van der Waals surface area contributed by atoms with Gasteiger partial charge in [0.15, 0.2) is 11.0 Å². The third-order valence-corrected chi connectivity index (χ3v) is 7.37. The summed E-state index contributed by atoms with van der Waals surface area (Å²) in [7, 11) is 1.56.